The van der Waals surface area contributed by atoms with E-state index in [1.165, 1.54) is 6.07 Å². The number of phenols is 1. The fourth-order valence-electron chi connectivity index (χ4n) is 2.39. The molecule has 0 aliphatic carbocycles. The molecule has 0 atom stereocenters. The van der Waals surface area contributed by atoms with Crippen molar-refractivity contribution >= 4 is 22.2 Å². The third-order valence-electron chi connectivity index (χ3n) is 3.50. The smallest absolute Gasteiger partial charge is 0.164 e. The van der Waals surface area contributed by atoms with Gasteiger partial charge in [0.1, 0.15) is 5.75 Å². The Labute approximate surface area is 128 Å². The molecule has 110 valence electrons. The maximum absolute atomic E-state index is 12.1. The highest BCUT2D eigenvalue weighted by Crippen LogP contribution is 2.21. The maximum atomic E-state index is 12.1. The molecule has 0 aliphatic rings. The molecule has 0 amide bonds. The number of pyridine rings is 1. The number of nitrogens with zero attached hydrogens (tertiary/aromatic N) is 1. The van der Waals surface area contributed by atoms with Gasteiger partial charge in [-0.3, -0.25) is 9.78 Å². The molecule has 3 aromatic rings. The van der Waals surface area contributed by atoms with Crippen LogP contribution in [0.1, 0.15) is 16.8 Å². The van der Waals surface area contributed by atoms with Crippen LogP contribution in [-0.2, 0) is 0 Å². The van der Waals surface area contributed by atoms with Crippen molar-refractivity contribution in [2.75, 3.05) is 11.9 Å². The van der Waals surface area contributed by atoms with Crippen molar-refractivity contribution < 1.29 is 9.90 Å². The minimum Gasteiger partial charge on any atom is -0.508 e. The summed E-state index contributed by atoms with van der Waals surface area (Å²) in [5.41, 5.74) is 1.44. The Balaban J connectivity index is 1.66. The summed E-state index contributed by atoms with van der Waals surface area (Å²) in [6.07, 6.45) is 3.94. The first kappa shape index (κ1) is 14.1. The number of carbonyl (C=O) groups is 1. The molecule has 2 N–H and O–H groups in total. The average molecular weight is 292 g/mol. The van der Waals surface area contributed by atoms with Gasteiger partial charge in [-0.1, -0.05) is 36.4 Å². The van der Waals surface area contributed by atoms with Crippen LogP contribution in [0.3, 0.4) is 0 Å². The largest absolute Gasteiger partial charge is 0.508 e. The number of nitrogens with one attached hydrogen (secondary N) is 1. The third kappa shape index (κ3) is 3.06. The first-order valence-electron chi connectivity index (χ1n) is 7.13. The monoisotopic (exact) mass is 292 g/mol. The quantitative estimate of drug-likeness (QED) is 0.705. The van der Waals surface area contributed by atoms with Gasteiger partial charge in [0.2, 0.25) is 0 Å². The van der Waals surface area contributed by atoms with Crippen LogP contribution in [0.15, 0.2) is 60.9 Å². The van der Waals surface area contributed by atoms with Crippen molar-refractivity contribution in [2.24, 2.45) is 0 Å². The van der Waals surface area contributed by atoms with Gasteiger partial charge in [-0.25, -0.2) is 0 Å². The number of phenolic OH excluding ortho intramolecular Hbond substituents is 1. The number of fused-ring (bicyclic) bond motifs is 1. The van der Waals surface area contributed by atoms with Crippen LogP contribution in [0.25, 0.3) is 10.8 Å². The number of ketones is 1. The van der Waals surface area contributed by atoms with E-state index in [0.29, 0.717) is 18.5 Å². The van der Waals surface area contributed by atoms with Crippen LogP contribution >= 0.6 is 0 Å². The van der Waals surface area contributed by atoms with Gasteiger partial charge in [0.25, 0.3) is 0 Å². The second-order valence-electron chi connectivity index (χ2n) is 5.06. The van der Waals surface area contributed by atoms with Gasteiger partial charge in [0, 0.05) is 35.5 Å². The van der Waals surface area contributed by atoms with Crippen LogP contribution in [0, 0.1) is 0 Å². The van der Waals surface area contributed by atoms with Crippen LogP contribution in [-0.4, -0.2) is 22.4 Å². The van der Waals surface area contributed by atoms with E-state index in [1.807, 2.05) is 30.5 Å². The molecular weight excluding hydrogens is 276 g/mol. The predicted molar refractivity (Wildman–Crippen MR) is 87.3 cm³/mol. The van der Waals surface area contributed by atoms with E-state index >= 15 is 0 Å². The second-order valence-corrected chi connectivity index (χ2v) is 5.06. The van der Waals surface area contributed by atoms with Crippen molar-refractivity contribution in [1.82, 2.24) is 4.98 Å². The van der Waals surface area contributed by atoms with E-state index in [2.05, 4.69) is 10.3 Å². The molecule has 0 bridgehead atoms. The van der Waals surface area contributed by atoms with Gasteiger partial charge >= 0.3 is 0 Å². The minimum absolute atomic E-state index is 0.00315. The van der Waals surface area contributed by atoms with Crippen molar-refractivity contribution in [3.63, 3.8) is 0 Å². The predicted octanol–water partition coefficient (Wildman–Crippen LogP) is 3.63. The minimum atomic E-state index is -0.00315. The van der Waals surface area contributed by atoms with E-state index in [0.717, 1.165) is 16.5 Å². The zero-order valence-corrected chi connectivity index (χ0v) is 12.0. The standard InChI is InChI=1S/C18H16N2O2/c21-15-6-3-5-13(10-15)18(22)8-9-20-17-12-19-11-14-4-1-2-7-16(14)17/h1-7,10-12,20-21H,8-9H2. The van der Waals surface area contributed by atoms with Crippen LogP contribution in [0.4, 0.5) is 5.69 Å². The molecule has 2 aromatic carbocycles. The summed E-state index contributed by atoms with van der Waals surface area (Å²) < 4.78 is 0. The lowest BCUT2D eigenvalue weighted by Crippen LogP contribution is -2.09. The Morgan fingerprint density at radius 3 is 2.82 bits per heavy atom. The summed E-state index contributed by atoms with van der Waals surface area (Å²) >= 11 is 0. The number of hydrogen-bond acceptors (Lipinski definition) is 4. The molecule has 4 heteroatoms. The highest BCUT2D eigenvalue weighted by Gasteiger charge is 2.07. The van der Waals surface area contributed by atoms with Crippen molar-refractivity contribution in [3.05, 3.63) is 66.5 Å². The van der Waals surface area contributed by atoms with Gasteiger partial charge in [-0.2, -0.15) is 0 Å². The van der Waals surface area contributed by atoms with Gasteiger partial charge in [0.15, 0.2) is 5.78 Å². The lowest BCUT2D eigenvalue weighted by Gasteiger charge is -2.09. The Kier molecular flexibility index (Phi) is 4.01. The fourth-order valence-corrected chi connectivity index (χ4v) is 2.39. The maximum Gasteiger partial charge on any atom is 0.164 e. The first-order chi connectivity index (χ1) is 10.7. The molecular formula is C18H16N2O2. The molecule has 0 unspecified atom stereocenters. The zero-order valence-electron chi connectivity index (χ0n) is 12.0. The number of aromatic hydroxyl groups is 1. The SMILES string of the molecule is O=C(CCNc1cncc2ccccc12)c1cccc(O)c1. The molecule has 3 rings (SSSR count). The van der Waals surface area contributed by atoms with Gasteiger partial charge < -0.3 is 10.4 Å². The Bertz CT molecular complexity index is 810. The van der Waals surface area contributed by atoms with Crippen LogP contribution in [0.2, 0.25) is 0 Å². The molecule has 0 saturated heterocycles. The Morgan fingerprint density at radius 2 is 1.95 bits per heavy atom. The zero-order chi connectivity index (χ0) is 15.4. The molecule has 1 heterocycles. The first-order valence-corrected chi connectivity index (χ1v) is 7.13. The van der Waals surface area contributed by atoms with Gasteiger partial charge in [-0.15, -0.1) is 0 Å². The lowest BCUT2D eigenvalue weighted by atomic mass is 10.1. The number of hydrogen-bond donors (Lipinski definition) is 2. The molecule has 0 fully saturated rings. The summed E-state index contributed by atoms with van der Waals surface area (Å²) in [4.78, 5) is 16.3. The van der Waals surface area contributed by atoms with Crippen molar-refractivity contribution in [3.8, 4) is 5.75 Å². The average Bonchev–Trinajstić information content (AvgIpc) is 2.55. The molecule has 0 saturated carbocycles. The number of carbonyl (C=O) groups excluding carboxylic acids is 1. The van der Waals surface area contributed by atoms with E-state index < -0.39 is 0 Å². The van der Waals surface area contributed by atoms with Crippen LogP contribution < -0.4 is 5.32 Å². The van der Waals surface area contributed by atoms with Crippen molar-refractivity contribution in [1.29, 1.82) is 0 Å². The molecule has 0 spiro atoms. The van der Waals surface area contributed by atoms with Crippen molar-refractivity contribution in [2.45, 2.75) is 6.42 Å². The fraction of sp³-hybridized carbons (Fsp3) is 0.111. The normalized spacial score (nSPS) is 10.5. The number of Topliss-reactive ketones (excluding diaryl/α,β-unsaturated/α-hetero) is 1. The molecule has 0 radical (unpaired) electrons. The summed E-state index contributed by atoms with van der Waals surface area (Å²) in [5.74, 6) is 0.105. The summed E-state index contributed by atoms with van der Waals surface area (Å²) in [5, 5.41) is 14.8. The van der Waals surface area contributed by atoms with Gasteiger partial charge in [0.05, 0.1) is 11.9 Å². The number of rotatable bonds is 5. The highest BCUT2D eigenvalue weighted by molar-refractivity contribution is 5.97. The number of anilines is 1. The van der Waals surface area contributed by atoms with E-state index in [4.69, 9.17) is 0 Å². The topological polar surface area (TPSA) is 62.2 Å². The molecule has 22 heavy (non-hydrogen) atoms. The van der Waals surface area contributed by atoms with Crippen LogP contribution in [0.5, 0.6) is 5.75 Å². The Hall–Kier alpha value is -2.88. The molecule has 1 aromatic heterocycles. The lowest BCUT2D eigenvalue weighted by molar-refractivity contribution is 0.0986. The third-order valence-corrected chi connectivity index (χ3v) is 3.50. The summed E-state index contributed by atoms with van der Waals surface area (Å²) in [7, 11) is 0. The van der Waals surface area contributed by atoms with E-state index in [-0.39, 0.29) is 11.5 Å². The van der Waals surface area contributed by atoms with E-state index in [9.17, 15) is 9.90 Å². The Morgan fingerprint density at radius 1 is 1.09 bits per heavy atom. The molecule has 4 nitrogen and oxygen atoms in total. The number of aromatic nitrogens is 1. The summed E-state index contributed by atoms with van der Waals surface area (Å²) in [6.45, 7) is 0.518. The number of benzene rings is 2. The van der Waals surface area contributed by atoms with E-state index in [1.54, 1.807) is 24.4 Å². The second kappa shape index (κ2) is 6.26. The summed E-state index contributed by atoms with van der Waals surface area (Å²) in [6, 6.07) is 14.4. The highest BCUT2D eigenvalue weighted by atomic mass is 16.3. The molecule has 0 aliphatic heterocycles. The van der Waals surface area contributed by atoms with Gasteiger partial charge in [-0.05, 0) is 12.1 Å².